The molecule has 0 saturated carbocycles. The Balaban J connectivity index is 1.59. The Bertz CT molecular complexity index is 1210. The number of hydrogen-bond acceptors (Lipinski definition) is 4. The van der Waals surface area contributed by atoms with Crippen LogP contribution in [0.4, 0.5) is 11.4 Å². The smallest absolute Gasteiger partial charge is 0.255 e. The highest BCUT2D eigenvalue weighted by atomic mass is 32.2. The van der Waals surface area contributed by atoms with E-state index in [4.69, 9.17) is 0 Å². The van der Waals surface area contributed by atoms with Gasteiger partial charge in [0, 0.05) is 43.5 Å². The third-order valence-corrected chi connectivity index (χ3v) is 8.88. The number of fused-ring (bicyclic) bond motifs is 1. The van der Waals surface area contributed by atoms with Crippen LogP contribution in [0.2, 0.25) is 0 Å². The summed E-state index contributed by atoms with van der Waals surface area (Å²) in [6, 6.07) is 8.71. The second kappa shape index (κ2) is 8.91. The molecular weight excluding hydrogens is 438 g/mol. The molecule has 33 heavy (non-hydrogen) atoms. The largest absolute Gasteiger partial charge is 0.322 e. The van der Waals surface area contributed by atoms with Crippen molar-refractivity contribution in [2.45, 2.75) is 51.9 Å². The normalized spacial score (nSPS) is 17.2. The lowest BCUT2D eigenvalue weighted by Gasteiger charge is -2.30. The van der Waals surface area contributed by atoms with Crippen LogP contribution in [0.5, 0.6) is 0 Å². The Morgan fingerprint density at radius 3 is 2.39 bits per heavy atom. The van der Waals surface area contributed by atoms with Gasteiger partial charge in [0.25, 0.3) is 5.91 Å². The zero-order valence-electron chi connectivity index (χ0n) is 19.6. The van der Waals surface area contributed by atoms with Gasteiger partial charge >= 0.3 is 0 Å². The molecule has 1 fully saturated rings. The zero-order valence-corrected chi connectivity index (χ0v) is 20.5. The van der Waals surface area contributed by atoms with Crippen LogP contribution in [0, 0.1) is 19.8 Å². The molecule has 0 unspecified atom stereocenters. The number of nitrogens with one attached hydrogen (secondary N) is 1. The number of rotatable bonds is 4. The third kappa shape index (κ3) is 4.54. The van der Waals surface area contributed by atoms with E-state index in [1.54, 1.807) is 30.9 Å². The molecule has 1 N–H and O–H groups in total. The van der Waals surface area contributed by atoms with Crippen LogP contribution < -0.4 is 10.2 Å². The second-order valence-corrected chi connectivity index (χ2v) is 11.1. The van der Waals surface area contributed by atoms with Crippen LogP contribution in [0.15, 0.2) is 35.2 Å². The first-order chi connectivity index (χ1) is 15.6. The van der Waals surface area contributed by atoms with Crippen LogP contribution in [0.3, 0.4) is 0 Å². The number of sulfonamides is 1. The number of anilines is 2. The SMILES string of the molecule is CC(=O)N1CCc2cc(NC(=O)c3cc(C)c(C)c(S(=O)(=O)N4CCC(C)CC4)c3)ccc21. The van der Waals surface area contributed by atoms with E-state index in [0.717, 1.165) is 36.1 Å². The van der Waals surface area contributed by atoms with Crippen molar-refractivity contribution in [1.29, 1.82) is 0 Å². The van der Waals surface area contributed by atoms with Crippen molar-refractivity contribution in [2.24, 2.45) is 5.92 Å². The molecule has 0 aliphatic carbocycles. The minimum Gasteiger partial charge on any atom is -0.322 e. The van der Waals surface area contributed by atoms with Gasteiger partial charge < -0.3 is 10.2 Å². The van der Waals surface area contributed by atoms with Gasteiger partial charge in [0.1, 0.15) is 0 Å². The lowest BCUT2D eigenvalue weighted by molar-refractivity contribution is -0.116. The highest BCUT2D eigenvalue weighted by molar-refractivity contribution is 7.89. The average molecular weight is 470 g/mol. The Labute approximate surface area is 195 Å². The summed E-state index contributed by atoms with van der Waals surface area (Å²) in [5, 5.41) is 2.89. The van der Waals surface area contributed by atoms with Crippen LogP contribution in [-0.2, 0) is 21.2 Å². The van der Waals surface area contributed by atoms with E-state index >= 15 is 0 Å². The molecule has 2 aromatic rings. The van der Waals surface area contributed by atoms with Crippen molar-refractivity contribution in [3.05, 3.63) is 52.6 Å². The van der Waals surface area contributed by atoms with Gasteiger partial charge in [-0.2, -0.15) is 4.31 Å². The number of piperidine rings is 1. The number of carbonyl (C=O) groups is 2. The van der Waals surface area contributed by atoms with Gasteiger partial charge in [0.2, 0.25) is 15.9 Å². The fourth-order valence-electron chi connectivity index (χ4n) is 4.60. The predicted molar refractivity (Wildman–Crippen MR) is 129 cm³/mol. The van der Waals surface area contributed by atoms with Crippen LogP contribution in [-0.4, -0.2) is 44.2 Å². The lowest BCUT2D eigenvalue weighted by atomic mass is 10.0. The molecule has 0 radical (unpaired) electrons. The fourth-order valence-corrected chi connectivity index (χ4v) is 6.39. The minimum atomic E-state index is -3.67. The van der Waals surface area contributed by atoms with E-state index in [0.29, 0.717) is 42.4 Å². The highest BCUT2D eigenvalue weighted by Gasteiger charge is 2.30. The van der Waals surface area contributed by atoms with Gasteiger partial charge in [0.15, 0.2) is 0 Å². The first kappa shape index (κ1) is 23.4. The van der Waals surface area contributed by atoms with Gasteiger partial charge in [-0.25, -0.2) is 8.42 Å². The van der Waals surface area contributed by atoms with Gasteiger partial charge in [-0.05, 0) is 86.1 Å². The second-order valence-electron chi connectivity index (χ2n) is 9.22. The molecule has 8 heteroatoms. The average Bonchev–Trinajstić information content (AvgIpc) is 3.19. The van der Waals surface area contributed by atoms with Gasteiger partial charge in [0.05, 0.1) is 4.90 Å². The molecule has 2 aromatic carbocycles. The Hall–Kier alpha value is -2.71. The van der Waals surface area contributed by atoms with Crippen LogP contribution in [0.1, 0.15) is 53.7 Å². The van der Waals surface area contributed by atoms with E-state index in [1.165, 1.54) is 10.4 Å². The molecule has 0 atom stereocenters. The summed E-state index contributed by atoms with van der Waals surface area (Å²) >= 11 is 0. The first-order valence-corrected chi connectivity index (χ1v) is 12.9. The molecule has 176 valence electrons. The molecule has 4 rings (SSSR count). The van der Waals surface area contributed by atoms with E-state index in [9.17, 15) is 18.0 Å². The van der Waals surface area contributed by atoms with Gasteiger partial charge in [-0.3, -0.25) is 9.59 Å². The maximum atomic E-state index is 13.4. The van der Waals surface area contributed by atoms with Crippen molar-refractivity contribution in [3.8, 4) is 0 Å². The van der Waals surface area contributed by atoms with Gasteiger partial charge in [-0.15, -0.1) is 0 Å². The first-order valence-electron chi connectivity index (χ1n) is 11.4. The Morgan fingerprint density at radius 2 is 1.73 bits per heavy atom. The van der Waals surface area contributed by atoms with E-state index < -0.39 is 10.0 Å². The summed E-state index contributed by atoms with van der Waals surface area (Å²) in [4.78, 5) is 26.8. The van der Waals surface area contributed by atoms with E-state index in [-0.39, 0.29) is 16.7 Å². The minimum absolute atomic E-state index is 0.00225. The summed E-state index contributed by atoms with van der Waals surface area (Å²) in [7, 11) is -3.67. The third-order valence-electron chi connectivity index (χ3n) is 6.86. The van der Waals surface area contributed by atoms with Crippen molar-refractivity contribution < 1.29 is 18.0 Å². The monoisotopic (exact) mass is 469 g/mol. The molecule has 2 heterocycles. The van der Waals surface area contributed by atoms with Crippen molar-refractivity contribution in [2.75, 3.05) is 29.9 Å². The Kier molecular flexibility index (Phi) is 6.33. The molecule has 0 spiro atoms. The fraction of sp³-hybridized carbons (Fsp3) is 0.440. The molecule has 2 aliphatic rings. The number of amides is 2. The van der Waals surface area contributed by atoms with Crippen molar-refractivity contribution in [1.82, 2.24) is 4.31 Å². The Morgan fingerprint density at radius 1 is 1.03 bits per heavy atom. The number of benzene rings is 2. The van der Waals surface area contributed by atoms with Crippen LogP contribution in [0.25, 0.3) is 0 Å². The number of aryl methyl sites for hydroxylation is 1. The number of nitrogens with zero attached hydrogens (tertiary/aromatic N) is 2. The zero-order chi connectivity index (χ0) is 23.9. The summed E-state index contributed by atoms with van der Waals surface area (Å²) in [6.07, 6.45) is 2.42. The topological polar surface area (TPSA) is 86.8 Å². The maximum Gasteiger partial charge on any atom is 0.255 e. The summed E-state index contributed by atoms with van der Waals surface area (Å²) in [5.74, 6) is 0.159. The summed E-state index contributed by atoms with van der Waals surface area (Å²) in [6.45, 7) is 8.94. The molecule has 2 aliphatic heterocycles. The molecule has 1 saturated heterocycles. The van der Waals surface area contributed by atoms with E-state index in [2.05, 4.69) is 12.2 Å². The van der Waals surface area contributed by atoms with Crippen LogP contribution >= 0.6 is 0 Å². The van der Waals surface area contributed by atoms with E-state index in [1.807, 2.05) is 19.1 Å². The summed E-state index contributed by atoms with van der Waals surface area (Å²) < 4.78 is 28.3. The van der Waals surface area contributed by atoms with Gasteiger partial charge in [-0.1, -0.05) is 6.92 Å². The highest BCUT2D eigenvalue weighted by Crippen LogP contribution is 2.31. The standard InChI is InChI=1S/C25H31N3O4S/c1-16-7-10-27(11-8-16)33(31,32)24-15-21(13-17(2)18(24)3)25(30)26-22-5-6-23-20(14-22)9-12-28(23)19(4)29/h5-6,13-16H,7-12H2,1-4H3,(H,26,30). The molecule has 0 bridgehead atoms. The molecule has 7 nitrogen and oxygen atoms in total. The lowest BCUT2D eigenvalue weighted by Crippen LogP contribution is -2.38. The maximum absolute atomic E-state index is 13.4. The predicted octanol–water partition coefficient (Wildman–Crippen LogP) is 3.89. The number of carbonyl (C=O) groups excluding carboxylic acids is 2. The summed E-state index contributed by atoms with van der Waals surface area (Å²) in [5.41, 5.74) is 4.25. The quantitative estimate of drug-likeness (QED) is 0.736. The number of hydrogen-bond donors (Lipinski definition) is 1. The van der Waals surface area contributed by atoms with Crippen molar-refractivity contribution in [3.63, 3.8) is 0 Å². The molecule has 2 amide bonds. The molecular formula is C25H31N3O4S. The molecule has 0 aromatic heterocycles. The van der Waals surface area contributed by atoms with Crippen molar-refractivity contribution >= 4 is 33.2 Å².